The Bertz CT molecular complexity index is 1080. The molecule has 0 bridgehead atoms. The highest BCUT2D eigenvalue weighted by molar-refractivity contribution is 5.96. The molecule has 1 unspecified atom stereocenters. The minimum atomic E-state index is -4.54. The van der Waals surface area contributed by atoms with Crippen LogP contribution >= 0.6 is 0 Å². The number of rotatable bonds is 6. The molecule has 1 aromatic heterocycles. The molecule has 0 aliphatic rings. The second-order valence-electron chi connectivity index (χ2n) is 7.11. The topological polar surface area (TPSA) is 56.2 Å². The molecule has 1 N–H and O–H groups in total. The lowest BCUT2D eigenvalue weighted by Gasteiger charge is -2.18. The van der Waals surface area contributed by atoms with Crippen LogP contribution in [0.5, 0.6) is 5.75 Å². The number of hydrogen-bond acceptors (Lipinski definition) is 3. The van der Waals surface area contributed by atoms with E-state index in [0.717, 1.165) is 6.07 Å². The number of nitrogens with one attached hydrogen (secondary N) is 1. The number of aryl methyl sites for hydroxylation is 1. The van der Waals surface area contributed by atoms with E-state index >= 15 is 0 Å². The zero-order valence-electron chi connectivity index (χ0n) is 17.1. The quantitative estimate of drug-likeness (QED) is 0.564. The Kier molecular flexibility index (Phi) is 6.33. The molecule has 1 amide bonds. The van der Waals surface area contributed by atoms with Crippen molar-refractivity contribution in [2.75, 3.05) is 6.61 Å². The number of para-hydroxylation sites is 1. The van der Waals surface area contributed by atoms with Crippen LogP contribution in [-0.2, 0) is 6.18 Å². The van der Waals surface area contributed by atoms with Gasteiger partial charge in [-0.1, -0.05) is 12.1 Å². The van der Waals surface area contributed by atoms with E-state index in [9.17, 15) is 22.4 Å². The van der Waals surface area contributed by atoms with E-state index in [1.54, 1.807) is 32.9 Å². The van der Waals surface area contributed by atoms with Gasteiger partial charge in [0.2, 0.25) is 0 Å². The molecule has 9 heteroatoms. The van der Waals surface area contributed by atoms with Gasteiger partial charge in [-0.15, -0.1) is 0 Å². The first-order chi connectivity index (χ1) is 14.6. The number of hydrogen-bond donors (Lipinski definition) is 1. The van der Waals surface area contributed by atoms with Crippen molar-refractivity contribution in [2.24, 2.45) is 0 Å². The van der Waals surface area contributed by atoms with Crippen LogP contribution in [0.3, 0.4) is 0 Å². The molecule has 5 nitrogen and oxygen atoms in total. The number of carbonyl (C=O) groups is 1. The van der Waals surface area contributed by atoms with Crippen LogP contribution in [0.15, 0.2) is 48.5 Å². The summed E-state index contributed by atoms with van der Waals surface area (Å²) in [6, 6.07) is 10.0. The Balaban J connectivity index is 1.70. The molecule has 1 atom stereocenters. The fraction of sp³-hybridized carbons (Fsp3) is 0.273. The molecule has 0 radical (unpaired) electrons. The Morgan fingerprint density at radius 2 is 1.77 bits per heavy atom. The molecule has 0 spiro atoms. The van der Waals surface area contributed by atoms with Crippen molar-refractivity contribution in [1.82, 2.24) is 15.1 Å². The van der Waals surface area contributed by atoms with Crippen LogP contribution in [-0.4, -0.2) is 28.3 Å². The highest BCUT2D eigenvalue weighted by Crippen LogP contribution is 2.35. The molecule has 0 fully saturated rings. The van der Waals surface area contributed by atoms with Crippen molar-refractivity contribution >= 4 is 5.91 Å². The second-order valence-corrected chi connectivity index (χ2v) is 7.11. The molecule has 0 aliphatic heterocycles. The Hall–Kier alpha value is -3.36. The van der Waals surface area contributed by atoms with E-state index in [1.165, 1.54) is 35.0 Å². The van der Waals surface area contributed by atoms with Crippen LogP contribution in [0.4, 0.5) is 17.6 Å². The maximum absolute atomic E-state index is 13.2. The third-order valence-corrected chi connectivity index (χ3v) is 4.65. The smallest absolute Gasteiger partial charge is 0.419 e. The maximum Gasteiger partial charge on any atom is 0.419 e. The zero-order valence-corrected chi connectivity index (χ0v) is 17.1. The molecular weight excluding hydrogens is 414 g/mol. The third-order valence-electron chi connectivity index (χ3n) is 4.65. The van der Waals surface area contributed by atoms with Gasteiger partial charge in [0.1, 0.15) is 18.2 Å². The summed E-state index contributed by atoms with van der Waals surface area (Å²) in [6.07, 6.45) is -4.54. The van der Waals surface area contributed by atoms with Crippen molar-refractivity contribution in [3.8, 4) is 11.4 Å². The monoisotopic (exact) mass is 435 g/mol. The molecular formula is C22H21F4N3O2. The molecule has 3 rings (SSSR count). The van der Waals surface area contributed by atoms with Crippen LogP contribution in [0.25, 0.3) is 5.69 Å². The van der Waals surface area contributed by atoms with E-state index in [2.05, 4.69) is 10.4 Å². The summed E-state index contributed by atoms with van der Waals surface area (Å²) in [5.41, 5.74) is 1.08. The molecule has 164 valence electrons. The van der Waals surface area contributed by atoms with Gasteiger partial charge in [0.25, 0.3) is 5.91 Å². The summed E-state index contributed by atoms with van der Waals surface area (Å²) in [5.74, 6) is -1.11. The number of halogens is 4. The average Bonchev–Trinajstić information content (AvgIpc) is 3.00. The lowest BCUT2D eigenvalue weighted by molar-refractivity contribution is -0.139. The summed E-state index contributed by atoms with van der Waals surface area (Å²) in [4.78, 5) is 12.8. The first-order valence-electron chi connectivity index (χ1n) is 9.50. The number of alkyl halides is 3. The second kappa shape index (κ2) is 8.79. The van der Waals surface area contributed by atoms with Crippen LogP contribution in [0, 0.1) is 19.7 Å². The molecule has 0 aliphatic carbocycles. The van der Waals surface area contributed by atoms with Gasteiger partial charge in [0.05, 0.1) is 34.2 Å². The zero-order chi connectivity index (χ0) is 22.8. The van der Waals surface area contributed by atoms with Gasteiger partial charge in [-0.2, -0.15) is 18.3 Å². The summed E-state index contributed by atoms with van der Waals surface area (Å²) in [7, 11) is 0. The number of nitrogens with zero attached hydrogens (tertiary/aromatic N) is 2. The van der Waals surface area contributed by atoms with E-state index in [0.29, 0.717) is 22.6 Å². The molecule has 31 heavy (non-hydrogen) atoms. The van der Waals surface area contributed by atoms with Crippen LogP contribution < -0.4 is 10.1 Å². The van der Waals surface area contributed by atoms with Crippen LogP contribution in [0.1, 0.15) is 34.2 Å². The lowest BCUT2D eigenvalue weighted by Crippen LogP contribution is -2.37. The molecule has 2 aromatic carbocycles. The van der Waals surface area contributed by atoms with Crippen molar-refractivity contribution in [3.05, 3.63) is 76.9 Å². The third kappa shape index (κ3) is 5.04. The van der Waals surface area contributed by atoms with Gasteiger partial charge in [-0.3, -0.25) is 4.79 Å². The molecule has 0 saturated carbocycles. The van der Waals surface area contributed by atoms with Gasteiger partial charge in [-0.25, -0.2) is 9.07 Å². The van der Waals surface area contributed by atoms with E-state index in [4.69, 9.17) is 4.74 Å². The molecule has 3 aromatic rings. The molecule has 1 heterocycles. The fourth-order valence-electron chi connectivity index (χ4n) is 3.18. The van der Waals surface area contributed by atoms with E-state index in [1.807, 2.05) is 0 Å². The van der Waals surface area contributed by atoms with Gasteiger partial charge < -0.3 is 10.1 Å². The molecule has 0 saturated heterocycles. The lowest BCUT2D eigenvalue weighted by atomic mass is 10.1. The van der Waals surface area contributed by atoms with Crippen molar-refractivity contribution in [2.45, 2.75) is 33.0 Å². The number of ether oxygens (including phenoxy) is 1. The predicted octanol–water partition coefficient (Wildman–Crippen LogP) is 4.84. The number of amides is 1. The Morgan fingerprint density at radius 3 is 2.42 bits per heavy atom. The van der Waals surface area contributed by atoms with Gasteiger partial charge in [-0.05, 0) is 57.2 Å². The Labute approximate surface area is 176 Å². The van der Waals surface area contributed by atoms with Gasteiger partial charge >= 0.3 is 6.18 Å². The first-order valence-corrected chi connectivity index (χ1v) is 9.50. The standard InChI is InChI=1S/C22H21F4N3O2/c1-13(12-31-19-7-5-4-6-18(19)22(24,25)26)27-21(30)20-14(2)28-29(15(20)3)17-10-8-16(23)9-11-17/h4-11,13H,12H2,1-3H3,(H,27,30). The van der Waals surface area contributed by atoms with Crippen molar-refractivity contribution in [1.29, 1.82) is 0 Å². The first kappa shape index (κ1) is 22.3. The summed E-state index contributed by atoms with van der Waals surface area (Å²) < 4.78 is 59.3. The van der Waals surface area contributed by atoms with E-state index < -0.39 is 23.7 Å². The minimum absolute atomic E-state index is 0.150. The SMILES string of the molecule is Cc1nn(-c2ccc(F)cc2)c(C)c1C(=O)NC(C)COc1ccccc1C(F)(F)F. The maximum atomic E-state index is 13.2. The van der Waals surface area contributed by atoms with Crippen molar-refractivity contribution in [3.63, 3.8) is 0 Å². The van der Waals surface area contributed by atoms with Crippen molar-refractivity contribution < 1.29 is 27.1 Å². The summed E-state index contributed by atoms with van der Waals surface area (Å²) in [5, 5.41) is 7.07. The van der Waals surface area contributed by atoms with Crippen LogP contribution in [0.2, 0.25) is 0 Å². The number of benzene rings is 2. The average molecular weight is 435 g/mol. The minimum Gasteiger partial charge on any atom is -0.491 e. The highest BCUT2D eigenvalue weighted by atomic mass is 19.4. The number of carbonyl (C=O) groups excluding carboxylic acids is 1. The summed E-state index contributed by atoms with van der Waals surface area (Å²) >= 11 is 0. The normalized spacial score (nSPS) is 12.5. The summed E-state index contributed by atoms with van der Waals surface area (Å²) in [6.45, 7) is 4.86. The van der Waals surface area contributed by atoms with E-state index in [-0.39, 0.29) is 18.2 Å². The Morgan fingerprint density at radius 1 is 1.13 bits per heavy atom. The number of aromatic nitrogens is 2. The largest absolute Gasteiger partial charge is 0.491 e. The van der Waals surface area contributed by atoms with Gasteiger partial charge in [0, 0.05) is 0 Å². The fourth-order valence-corrected chi connectivity index (χ4v) is 3.18. The van der Waals surface area contributed by atoms with Gasteiger partial charge in [0.15, 0.2) is 0 Å². The highest BCUT2D eigenvalue weighted by Gasteiger charge is 2.34. The predicted molar refractivity (Wildman–Crippen MR) is 107 cm³/mol.